The standard InChI is InChI=1S/C22H22N6O/c1-27-12-11-23-17(27)13-29-22-19-15-9-7-14(8-10-15)18(19)21-25-24-20(28(21)26-22)16-5-3-2-4-6-16/h2-6,11-12,14-15H,7-10,13H2,1H3. The molecule has 3 heterocycles. The summed E-state index contributed by atoms with van der Waals surface area (Å²) < 4.78 is 10.1. The molecule has 0 radical (unpaired) electrons. The van der Waals surface area contributed by atoms with E-state index in [1.54, 1.807) is 6.20 Å². The van der Waals surface area contributed by atoms with Crippen molar-refractivity contribution in [2.24, 2.45) is 7.05 Å². The van der Waals surface area contributed by atoms with Crippen LogP contribution in [0.1, 0.15) is 54.5 Å². The second kappa shape index (κ2) is 6.40. The van der Waals surface area contributed by atoms with Crippen LogP contribution in [0.15, 0.2) is 42.7 Å². The maximum Gasteiger partial charge on any atom is 0.236 e. The number of hydrogen-bond acceptors (Lipinski definition) is 5. The van der Waals surface area contributed by atoms with Gasteiger partial charge >= 0.3 is 0 Å². The molecule has 0 saturated heterocycles. The van der Waals surface area contributed by atoms with Gasteiger partial charge in [0.2, 0.25) is 5.88 Å². The van der Waals surface area contributed by atoms with E-state index in [9.17, 15) is 0 Å². The van der Waals surface area contributed by atoms with E-state index in [1.165, 1.54) is 36.8 Å². The van der Waals surface area contributed by atoms with E-state index in [0.29, 0.717) is 24.3 Å². The number of aryl methyl sites for hydroxylation is 1. The van der Waals surface area contributed by atoms with Gasteiger partial charge in [-0.1, -0.05) is 30.3 Å². The number of fused-ring (bicyclic) bond motifs is 3. The molecule has 2 bridgehead atoms. The Morgan fingerprint density at radius 1 is 1.00 bits per heavy atom. The molecule has 1 saturated carbocycles. The van der Waals surface area contributed by atoms with Crippen LogP contribution in [0.4, 0.5) is 0 Å². The van der Waals surface area contributed by atoms with Crippen molar-refractivity contribution < 1.29 is 4.74 Å². The minimum absolute atomic E-state index is 0.397. The van der Waals surface area contributed by atoms with Gasteiger partial charge in [-0.3, -0.25) is 0 Å². The van der Waals surface area contributed by atoms with Crippen molar-refractivity contribution in [3.8, 4) is 17.3 Å². The lowest BCUT2D eigenvalue weighted by molar-refractivity contribution is 0.258. The number of rotatable bonds is 4. The highest BCUT2D eigenvalue weighted by Gasteiger charge is 2.39. The quantitative estimate of drug-likeness (QED) is 0.533. The molecule has 0 spiro atoms. The van der Waals surface area contributed by atoms with Crippen molar-refractivity contribution in [1.29, 1.82) is 0 Å². The van der Waals surface area contributed by atoms with E-state index in [-0.39, 0.29) is 0 Å². The largest absolute Gasteiger partial charge is 0.468 e. The van der Waals surface area contributed by atoms with Crippen LogP contribution >= 0.6 is 0 Å². The minimum atomic E-state index is 0.397. The Bertz CT molecular complexity index is 1190. The average Bonchev–Trinajstić information content (AvgIpc) is 3.39. The molecule has 0 aliphatic heterocycles. The van der Waals surface area contributed by atoms with Gasteiger partial charge in [0.05, 0.1) is 0 Å². The van der Waals surface area contributed by atoms with E-state index in [4.69, 9.17) is 9.84 Å². The fraction of sp³-hybridized carbons (Fsp3) is 0.364. The summed E-state index contributed by atoms with van der Waals surface area (Å²) in [5, 5.41) is 14.0. The predicted octanol–water partition coefficient (Wildman–Crippen LogP) is 3.86. The lowest BCUT2D eigenvalue weighted by Crippen LogP contribution is -2.25. The molecule has 29 heavy (non-hydrogen) atoms. The van der Waals surface area contributed by atoms with Crippen LogP contribution in [0, 0.1) is 0 Å². The second-order valence-corrected chi connectivity index (χ2v) is 8.05. The molecule has 3 aliphatic rings. The number of benzene rings is 1. The van der Waals surface area contributed by atoms with Gasteiger partial charge in [0.15, 0.2) is 11.5 Å². The third-order valence-corrected chi connectivity index (χ3v) is 6.43. The topological polar surface area (TPSA) is 70.1 Å². The Morgan fingerprint density at radius 2 is 1.76 bits per heavy atom. The van der Waals surface area contributed by atoms with Crippen molar-refractivity contribution in [1.82, 2.24) is 29.4 Å². The van der Waals surface area contributed by atoms with Gasteiger partial charge in [-0.05, 0) is 37.5 Å². The second-order valence-electron chi connectivity index (χ2n) is 8.05. The number of aromatic nitrogens is 6. The molecule has 0 N–H and O–H groups in total. The van der Waals surface area contributed by atoms with Gasteiger partial charge in [0.25, 0.3) is 0 Å². The summed E-state index contributed by atoms with van der Waals surface area (Å²) in [6, 6.07) is 10.1. The van der Waals surface area contributed by atoms with Crippen LogP contribution in [0.5, 0.6) is 5.88 Å². The van der Waals surface area contributed by atoms with Gasteiger partial charge in [-0.15, -0.1) is 15.3 Å². The maximum absolute atomic E-state index is 6.28. The predicted molar refractivity (Wildman–Crippen MR) is 108 cm³/mol. The first-order chi connectivity index (χ1) is 14.3. The number of ether oxygens (including phenoxy) is 1. The van der Waals surface area contributed by atoms with E-state index in [2.05, 4.69) is 15.2 Å². The molecule has 0 unspecified atom stereocenters. The molecule has 1 fully saturated rings. The Morgan fingerprint density at radius 3 is 2.48 bits per heavy atom. The summed E-state index contributed by atoms with van der Waals surface area (Å²) in [4.78, 5) is 4.39. The minimum Gasteiger partial charge on any atom is -0.468 e. The molecule has 3 aliphatic carbocycles. The Kier molecular flexibility index (Phi) is 3.69. The molecule has 0 atom stereocenters. The molecule has 3 aromatic heterocycles. The van der Waals surface area contributed by atoms with E-state index in [0.717, 1.165) is 22.9 Å². The summed E-state index contributed by atoms with van der Waals surface area (Å²) >= 11 is 0. The van der Waals surface area contributed by atoms with Gasteiger partial charge in [-0.25, -0.2) is 4.98 Å². The fourth-order valence-electron chi connectivity index (χ4n) is 4.93. The zero-order valence-electron chi connectivity index (χ0n) is 16.3. The van der Waals surface area contributed by atoms with Crippen molar-refractivity contribution >= 4 is 5.65 Å². The Balaban J connectivity index is 1.52. The molecule has 146 valence electrons. The Hall–Kier alpha value is -3.22. The summed E-state index contributed by atoms with van der Waals surface area (Å²) in [5.74, 6) is 3.37. The third-order valence-electron chi connectivity index (χ3n) is 6.43. The molecule has 1 aromatic carbocycles. The van der Waals surface area contributed by atoms with Gasteiger partial charge in [0.1, 0.15) is 12.4 Å². The van der Waals surface area contributed by atoms with E-state index >= 15 is 0 Å². The van der Waals surface area contributed by atoms with Crippen LogP contribution in [0.25, 0.3) is 17.0 Å². The highest BCUT2D eigenvalue weighted by Crippen LogP contribution is 2.53. The lowest BCUT2D eigenvalue weighted by atomic mass is 9.67. The first-order valence-corrected chi connectivity index (χ1v) is 10.2. The average molecular weight is 386 g/mol. The normalized spacial score (nSPS) is 20.2. The number of hydrogen-bond donors (Lipinski definition) is 0. The maximum atomic E-state index is 6.28. The first kappa shape index (κ1) is 16.7. The van der Waals surface area contributed by atoms with Crippen LogP contribution < -0.4 is 4.74 Å². The molecule has 7 nitrogen and oxygen atoms in total. The van der Waals surface area contributed by atoms with Crippen LogP contribution in [0.3, 0.4) is 0 Å². The van der Waals surface area contributed by atoms with E-state index < -0.39 is 0 Å². The van der Waals surface area contributed by atoms with Crippen LogP contribution in [-0.4, -0.2) is 29.4 Å². The van der Waals surface area contributed by atoms with Gasteiger partial charge < -0.3 is 9.30 Å². The van der Waals surface area contributed by atoms with Crippen molar-refractivity contribution in [3.05, 3.63) is 59.7 Å². The summed E-state index contributed by atoms with van der Waals surface area (Å²) in [6.45, 7) is 0.397. The summed E-state index contributed by atoms with van der Waals surface area (Å²) in [7, 11) is 1.98. The molecule has 0 amide bonds. The van der Waals surface area contributed by atoms with Crippen molar-refractivity contribution in [2.75, 3.05) is 0 Å². The summed E-state index contributed by atoms with van der Waals surface area (Å²) in [5.41, 5.74) is 4.44. The zero-order chi connectivity index (χ0) is 19.4. The third kappa shape index (κ3) is 2.57. The summed E-state index contributed by atoms with van der Waals surface area (Å²) in [6.07, 6.45) is 8.55. The SMILES string of the molecule is Cn1ccnc1COc1nn2c(-c3ccccc3)nnc2c2c1C1CCC2CC1. The monoisotopic (exact) mass is 386 g/mol. The molecular weight excluding hydrogens is 364 g/mol. The van der Waals surface area contributed by atoms with Gasteiger partial charge in [-0.2, -0.15) is 4.52 Å². The first-order valence-electron chi connectivity index (χ1n) is 10.2. The van der Waals surface area contributed by atoms with Crippen molar-refractivity contribution in [2.45, 2.75) is 44.1 Å². The van der Waals surface area contributed by atoms with Gasteiger partial charge in [0, 0.05) is 36.1 Å². The molecular formula is C22H22N6O. The molecule has 4 aromatic rings. The zero-order valence-corrected chi connectivity index (χ0v) is 16.3. The van der Waals surface area contributed by atoms with Crippen LogP contribution in [-0.2, 0) is 13.7 Å². The van der Waals surface area contributed by atoms with E-state index in [1.807, 2.05) is 52.7 Å². The number of nitrogens with zero attached hydrogens (tertiary/aromatic N) is 6. The highest BCUT2D eigenvalue weighted by molar-refractivity contribution is 5.65. The number of imidazole rings is 1. The van der Waals surface area contributed by atoms with Crippen LogP contribution in [0.2, 0.25) is 0 Å². The fourth-order valence-corrected chi connectivity index (χ4v) is 4.93. The highest BCUT2D eigenvalue weighted by atomic mass is 16.5. The van der Waals surface area contributed by atoms with Crippen molar-refractivity contribution in [3.63, 3.8) is 0 Å². The smallest absolute Gasteiger partial charge is 0.236 e. The Labute approximate surface area is 168 Å². The lowest BCUT2D eigenvalue weighted by Gasteiger charge is -2.38. The molecule has 7 rings (SSSR count). The molecule has 7 heteroatoms.